The molecule has 2 aliphatic heterocycles. The maximum absolute atomic E-state index is 13.1. The van der Waals surface area contributed by atoms with Gasteiger partial charge in [0.2, 0.25) is 5.91 Å². The van der Waals surface area contributed by atoms with E-state index >= 15 is 0 Å². The van der Waals surface area contributed by atoms with Crippen molar-refractivity contribution in [3.05, 3.63) is 115 Å². The first-order valence-corrected chi connectivity index (χ1v) is 24.4. The van der Waals surface area contributed by atoms with Gasteiger partial charge in [0.15, 0.2) is 11.7 Å². The fourth-order valence-electron chi connectivity index (χ4n) is 6.94. The maximum atomic E-state index is 13.1. The van der Waals surface area contributed by atoms with Crippen LogP contribution in [0.1, 0.15) is 58.2 Å². The Morgan fingerprint density at radius 3 is 2.31 bits per heavy atom. The number of hydrogen-bond donors (Lipinski definition) is 11. The second-order valence-corrected chi connectivity index (χ2v) is 19.3. The SMILES string of the molecule is O=C(CCCCCNC(=O)c1ccc(-c2c3ccc(=O)cc-3oc3cc(O)ccc23)c(C(=O)O)c1)NC/C=C/c1cn([C@@H]2O[C@H](COP(=O)(O)OP(=O)(O)OP(=O)(O)O)[C@@H](O)[C@H]2O)c(=O)[nH]c1=O. The summed E-state index contributed by atoms with van der Waals surface area (Å²) in [5.41, 5.74) is -1.37. The highest BCUT2D eigenvalue weighted by atomic mass is 31.3. The Hall–Kier alpha value is -5.95. The Balaban J connectivity index is 0.963. The van der Waals surface area contributed by atoms with Gasteiger partial charge >= 0.3 is 35.1 Å². The summed E-state index contributed by atoms with van der Waals surface area (Å²) in [6, 6.07) is 12.6. The number of nitrogens with one attached hydrogen (secondary N) is 3. The molecule has 3 aromatic rings. The quantitative estimate of drug-likeness (QED) is 0.0301. The van der Waals surface area contributed by atoms with Crippen molar-refractivity contribution in [2.75, 3.05) is 19.7 Å². The number of carbonyl (C=O) groups excluding carboxylic acids is 2. The number of phenols is 1. The van der Waals surface area contributed by atoms with Gasteiger partial charge in [-0.05, 0) is 54.8 Å². The van der Waals surface area contributed by atoms with E-state index in [2.05, 4.69) is 23.8 Å². The lowest BCUT2D eigenvalue weighted by Crippen LogP contribution is -2.38. The maximum Gasteiger partial charge on any atom is 0.490 e. The number of phosphoric ester groups is 1. The van der Waals surface area contributed by atoms with E-state index in [0.717, 1.165) is 6.20 Å². The summed E-state index contributed by atoms with van der Waals surface area (Å²) in [4.78, 5) is 113. The molecule has 26 nitrogen and oxygen atoms in total. The van der Waals surface area contributed by atoms with Crippen LogP contribution in [0.2, 0.25) is 0 Å². The number of nitrogens with zero attached hydrogens (tertiary/aromatic N) is 1. The predicted octanol–water partition coefficient (Wildman–Crippen LogP) is 1.90. The third-order valence-corrected chi connectivity index (χ3v) is 13.8. The van der Waals surface area contributed by atoms with Gasteiger partial charge in [-0.1, -0.05) is 24.6 Å². The summed E-state index contributed by atoms with van der Waals surface area (Å²) in [6.45, 7) is -1.03. The van der Waals surface area contributed by atoms with Gasteiger partial charge in [-0.3, -0.25) is 33.3 Å². The average Bonchev–Trinajstić information content (AvgIpc) is 3.52. The molecule has 3 aliphatic rings. The highest BCUT2D eigenvalue weighted by Crippen LogP contribution is 2.66. The second kappa shape index (κ2) is 21.1. The number of aromatic carboxylic acids is 1. The van der Waals surface area contributed by atoms with Crippen LogP contribution in [-0.2, 0) is 36.4 Å². The number of benzene rings is 3. The number of carboxylic acid groups (broad SMARTS) is 1. The molecule has 3 heterocycles. The highest BCUT2D eigenvalue weighted by molar-refractivity contribution is 7.66. The Labute approximate surface area is 380 Å². The first kappa shape index (κ1) is 51.4. The molecule has 364 valence electrons. The number of aliphatic hydroxyl groups is 2. The van der Waals surface area contributed by atoms with Gasteiger partial charge in [0.25, 0.3) is 11.5 Å². The molecule has 1 aliphatic carbocycles. The summed E-state index contributed by atoms with van der Waals surface area (Å²) < 4.78 is 57.9. The fourth-order valence-corrected chi connectivity index (χ4v) is 9.97. The van der Waals surface area contributed by atoms with Crippen LogP contribution in [-0.4, -0.2) is 105 Å². The number of fused-ring (bicyclic) bond motifs is 2. The molecule has 29 heteroatoms. The minimum absolute atomic E-state index is 0.0682. The van der Waals surface area contributed by atoms with Crippen LogP contribution < -0.4 is 27.3 Å². The lowest BCUT2D eigenvalue weighted by molar-refractivity contribution is -0.121. The molecule has 11 N–H and O–H groups in total. The number of ether oxygens (including phenoxy) is 1. The molecular weight excluding hydrogens is 969 g/mol. The molecule has 1 saturated heterocycles. The highest BCUT2D eigenvalue weighted by Gasteiger charge is 2.47. The molecule has 68 heavy (non-hydrogen) atoms. The Morgan fingerprint density at radius 2 is 1.59 bits per heavy atom. The van der Waals surface area contributed by atoms with E-state index in [1.165, 1.54) is 60.7 Å². The van der Waals surface area contributed by atoms with Crippen molar-refractivity contribution in [1.82, 2.24) is 20.2 Å². The molecule has 6 atom stereocenters. The smallest absolute Gasteiger partial charge is 0.490 e. The van der Waals surface area contributed by atoms with E-state index < -0.39 is 77.7 Å². The van der Waals surface area contributed by atoms with Crippen molar-refractivity contribution in [3.8, 4) is 28.2 Å². The van der Waals surface area contributed by atoms with Crippen molar-refractivity contribution < 1.29 is 90.4 Å². The fraction of sp³-hybridized carbons (Fsp3) is 0.282. The Kier molecular flexibility index (Phi) is 16.0. The van der Waals surface area contributed by atoms with Crippen LogP contribution in [0.5, 0.6) is 5.75 Å². The summed E-state index contributed by atoms with van der Waals surface area (Å²) in [5.74, 6) is -2.17. The first-order valence-electron chi connectivity index (χ1n) is 19.9. The van der Waals surface area contributed by atoms with E-state index in [4.69, 9.17) is 18.9 Å². The normalized spacial score (nSPS) is 19.2. The predicted molar refractivity (Wildman–Crippen MR) is 233 cm³/mol. The van der Waals surface area contributed by atoms with Crippen LogP contribution in [0.4, 0.5) is 0 Å². The number of aliphatic hydroxyl groups excluding tert-OH is 2. The molecule has 0 spiro atoms. The zero-order valence-corrected chi connectivity index (χ0v) is 37.5. The number of carboxylic acids is 1. The topological polar surface area (TPSA) is 410 Å². The molecule has 0 radical (unpaired) electrons. The second-order valence-electron chi connectivity index (χ2n) is 14.8. The van der Waals surface area contributed by atoms with Crippen molar-refractivity contribution in [2.45, 2.75) is 50.2 Å². The summed E-state index contributed by atoms with van der Waals surface area (Å²) in [6.07, 6.45) is -2.32. The number of aromatic hydroxyl groups is 1. The van der Waals surface area contributed by atoms with Gasteiger partial charge < -0.3 is 59.8 Å². The monoisotopic (exact) mass is 1010 g/mol. The number of phenolic OH excluding ortho intramolecular Hbond substituents is 1. The molecule has 2 amide bonds. The number of hydrogen-bond acceptors (Lipinski definition) is 17. The van der Waals surface area contributed by atoms with Gasteiger partial charge in [0, 0.05) is 59.9 Å². The number of aromatic amines is 1. The van der Waals surface area contributed by atoms with E-state index in [0.29, 0.717) is 40.3 Å². The van der Waals surface area contributed by atoms with E-state index in [1.807, 2.05) is 4.98 Å². The van der Waals surface area contributed by atoms with Crippen LogP contribution in [0.3, 0.4) is 0 Å². The summed E-state index contributed by atoms with van der Waals surface area (Å²) >= 11 is 0. The number of amides is 2. The third-order valence-electron chi connectivity index (χ3n) is 9.96. The van der Waals surface area contributed by atoms with Crippen molar-refractivity contribution in [1.29, 1.82) is 0 Å². The number of carbonyl (C=O) groups is 3. The summed E-state index contributed by atoms with van der Waals surface area (Å²) in [5, 5.41) is 47.0. The molecule has 2 unspecified atom stereocenters. The number of rotatable bonds is 20. The average molecular weight is 1010 g/mol. The first-order chi connectivity index (χ1) is 31.9. The van der Waals surface area contributed by atoms with Gasteiger partial charge in [-0.15, -0.1) is 0 Å². The van der Waals surface area contributed by atoms with Crippen molar-refractivity contribution in [3.63, 3.8) is 0 Å². The third kappa shape index (κ3) is 13.0. The van der Waals surface area contributed by atoms with Gasteiger partial charge in [0.05, 0.1) is 17.7 Å². The molecule has 1 aromatic heterocycles. The van der Waals surface area contributed by atoms with Crippen LogP contribution in [0, 0.1) is 0 Å². The van der Waals surface area contributed by atoms with Gasteiger partial charge in [-0.2, -0.15) is 8.62 Å². The van der Waals surface area contributed by atoms with Crippen molar-refractivity contribution in [2.24, 2.45) is 0 Å². The molecule has 6 rings (SSSR count). The molecule has 0 saturated carbocycles. The number of H-pyrrole nitrogens is 1. The van der Waals surface area contributed by atoms with Crippen LogP contribution in [0.25, 0.3) is 39.5 Å². The minimum atomic E-state index is -5.86. The van der Waals surface area contributed by atoms with E-state index in [1.54, 1.807) is 6.07 Å². The Morgan fingerprint density at radius 1 is 0.853 bits per heavy atom. The zero-order valence-electron chi connectivity index (χ0n) is 34.8. The minimum Gasteiger partial charge on any atom is -0.508 e. The lowest BCUT2D eigenvalue weighted by Gasteiger charge is -2.19. The Bertz CT molecular complexity index is 3070. The largest absolute Gasteiger partial charge is 0.508 e. The molecule has 1 fully saturated rings. The number of unbranched alkanes of at least 4 members (excludes halogenated alkanes) is 2. The van der Waals surface area contributed by atoms with Crippen LogP contribution >= 0.6 is 23.5 Å². The van der Waals surface area contributed by atoms with E-state index in [-0.39, 0.29) is 70.2 Å². The summed E-state index contributed by atoms with van der Waals surface area (Å²) in [7, 11) is -17.2. The lowest BCUT2D eigenvalue weighted by atomic mass is 9.90. The number of phosphoric acid groups is 3. The standard InChI is InChI=1S/C39H41N4O22P3/c44-22-8-11-25-28(16-22)62-29-17-23(45)9-12-26(29)32(25)24-10-7-20(15-27(24)38(51)52)35(49)41-13-3-1-2-6-31(46)40-14-4-5-21-18-43(39(53)42-36(21)50)37-34(48)33(47)30(63-37)19-61-67(57,58)65-68(59,60)64-66(54,55)56/h4-5,7-12,15-18,30,33-34,37,44,47-48H,1-3,6,13-14,19H2,(H,40,46)(H,41,49)(H,51,52)(H,57,58)(H,59,60)(H,42,50,53)(H2,54,55,56)/b5-4+/t30-,33-,34-,37-/m1/s1. The van der Waals surface area contributed by atoms with Crippen LogP contribution in [0.15, 0.2) is 85.7 Å². The van der Waals surface area contributed by atoms with Gasteiger partial charge in [-0.25, -0.2) is 23.3 Å². The van der Waals surface area contributed by atoms with E-state index in [9.17, 15) is 72.7 Å². The molecular formula is C39H41N4O22P3. The van der Waals surface area contributed by atoms with Gasteiger partial charge in [0.1, 0.15) is 35.4 Å². The molecule has 0 bridgehead atoms. The molecule has 2 aromatic carbocycles. The number of aromatic nitrogens is 2. The van der Waals surface area contributed by atoms with Crippen molar-refractivity contribution >= 4 is 58.3 Å². The zero-order chi connectivity index (χ0) is 49.7.